The Bertz CT molecular complexity index is 519. The molecule has 0 spiro atoms. The van der Waals surface area contributed by atoms with Crippen molar-refractivity contribution in [2.24, 2.45) is 5.73 Å². The number of hydrogen-bond acceptors (Lipinski definition) is 2. The quantitative estimate of drug-likeness (QED) is 0.727. The van der Waals surface area contributed by atoms with Crippen LogP contribution in [0.15, 0.2) is 18.2 Å². The summed E-state index contributed by atoms with van der Waals surface area (Å²) in [5.41, 5.74) is 7.99. The predicted molar refractivity (Wildman–Crippen MR) is 61.6 cm³/mol. The topological polar surface area (TPSA) is 62.0 Å². The van der Waals surface area contributed by atoms with Gasteiger partial charge in [-0.2, -0.15) is 0 Å². The van der Waals surface area contributed by atoms with E-state index < -0.39 is 6.10 Å². The van der Waals surface area contributed by atoms with Gasteiger partial charge < -0.3 is 15.8 Å². The molecule has 86 valence electrons. The fourth-order valence-corrected chi connectivity index (χ4v) is 1.96. The molecule has 0 amide bonds. The number of aromatic amines is 1. The molecular formula is C12H15FN2O. The van der Waals surface area contributed by atoms with Crippen molar-refractivity contribution < 1.29 is 9.50 Å². The first-order valence-electron chi connectivity index (χ1n) is 5.22. The molecule has 4 N–H and O–H groups in total. The third kappa shape index (κ3) is 1.70. The Labute approximate surface area is 93.1 Å². The molecule has 2 rings (SSSR count). The summed E-state index contributed by atoms with van der Waals surface area (Å²) in [4.78, 5) is 3.11. The predicted octanol–water partition coefficient (Wildman–Crippen LogP) is 2.00. The Morgan fingerprint density at radius 3 is 2.75 bits per heavy atom. The van der Waals surface area contributed by atoms with Crippen LogP contribution >= 0.6 is 0 Å². The molecule has 0 radical (unpaired) electrons. The molecule has 0 saturated carbocycles. The Balaban J connectivity index is 2.67. The number of halogens is 1. The van der Waals surface area contributed by atoms with Gasteiger partial charge in [-0.3, -0.25) is 0 Å². The number of nitrogens with one attached hydrogen (secondary N) is 1. The summed E-state index contributed by atoms with van der Waals surface area (Å²) < 4.78 is 13.2. The number of nitrogens with two attached hydrogens (primary N) is 1. The average Bonchev–Trinajstić information content (AvgIpc) is 2.52. The van der Waals surface area contributed by atoms with E-state index in [0.717, 1.165) is 11.2 Å². The fraction of sp³-hybridized carbons (Fsp3) is 0.333. The van der Waals surface area contributed by atoms with Gasteiger partial charge in [-0.25, -0.2) is 4.39 Å². The van der Waals surface area contributed by atoms with E-state index >= 15 is 0 Å². The van der Waals surface area contributed by atoms with Gasteiger partial charge in [-0.05, 0) is 32.0 Å². The van der Waals surface area contributed by atoms with Crippen molar-refractivity contribution in [1.82, 2.24) is 4.98 Å². The SMILES string of the molecule is Cc1[nH]c2ccc(F)cc2c1C(O)C(C)N. The molecule has 2 aromatic rings. The van der Waals surface area contributed by atoms with Gasteiger partial charge >= 0.3 is 0 Å². The molecule has 1 aromatic carbocycles. The van der Waals surface area contributed by atoms with Crippen LogP contribution in [0.2, 0.25) is 0 Å². The number of benzene rings is 1. The molecule has 4 heteroatoms. The summed E-state index contributed by atoms with van der Waals surface area (Å²) in [6.07, 6.45) is -0.782. The van der Waals surface area contributed by atoms with E-state index in [1.807, 2.05) is 6.92 Å². The number of aromatic nitrogens is 1. The highest BCUT2D eigenvalue weighted by atomic mass is 19.1. The minimum absolute atomic E-state index is 0.315. The zero-order chi connectivity index (χ0) is 11.9. The van der Waals surface area contributed by atoms with E-state index in [9.17, 15) is 9.50 Å². The van der Waals surface area contributed by atoms with Gasteiger partial charge in [-0.15, -0.1) is 0 Å². The number of fused-ring (bicyclic) bond motifs is 1. The summed E-state index contributed by atoms with van der Waals surface area (Å²) in [5, 5.41) is 10.7. The van der Waals surface area contributed by atoms with Crippen LogP contribution in [0.5, 0.6) is 0 Å². The van der Waals surface area contributed by atoms with Crippen LogP contribution in [0, 0.1) is 12.7 Å². The largest absolute Gasteiger partial charge is 0.387 e. The number of aliphatic hydroxyl groups excluding tert-OH is 1. The standard InChI is InChI=1S/C12H15FN2O/c1-6(14)12(16)11-7(2)15-10-4-3-8(13)5-9(10)11/h3-6,12,15-16H,14H2,1-2H3. The van der Waals surface area contributed by atoms with Crippen molar-refractivity contribution in [3.63, 3.8) is 0 Å². The van der Waals surface area contributed by atoms with Crippen LogP contribution in [-0.4, -0.2) is 16.1 Å². The van der Waals surface area contributed by atoms with Crippen molar-refractivity contribution in [3.05, 3.63) is 35.3 Å². The fourth-order valence-electron chi connectivity index (χ4n) is 1.96. The molecule has 0 aliphatic heterocycles. The van der Waals surface area contributed by atoms with Gasteiger partial charge in [0, 0.05) is 28.2 Å². The maximum absolute atomic E-state index is 13.2. The van der Waals surface area contributed by atoms with Gasteiger partial charge in [0.1, 0.15) is 5.82 Å². The highest BCUT2D eigenvalue weighted by Crippen LogP contribution is 2.29. The Morgan fingerprint density at radius 2 is 2.12 bits per heavy atom. The lowest BCUT2D eigenvalue weighted by atomic mass is 10.0. The van der Waals surface area contributed by atoms with Crippen molar-refractivity contribution >= 4 is 10.9 Å². The van der Waals surface area contributed by atoms with Gasteiger partial charge in [0.15, 0.2) is 0 Å². The summed E-state index contributed by atoms with van der Waals surface area (Å²) in [6.45, 7) is 3.57. The Kier molecular flexibility index (Phi) is 2.69. The Morgan fingerprint density at radius 1 is 1.44 bits per heavy atom. The number of hydrogen-bond donors (Lipinski definition) is 3. The van der Waals surface area contributed by atoms with Crippen LogP contribution in [-0.2, 0) is 0 Å². The minimum atomic E-state index is -0.782. The van der Waals surface area contributed by atoms with E-state index in [4.69, 9.17) is 5.73 Å². The first kappa shape index (κ1) is 11.1. The van der Waals surface area contributed by atoms with Gasteiger partial charge in [-0.1, -0.05) is 0 Å². The zero-order valence-electron chi connectivity index (χ0n) is 9.29. The molecule has 0 fully saturated rings. The van der Waals surface area contributed by atoms with Crippen LogP contribution < -0.4 is 5.73 Å². The van der Waals surface area contributed by atoms with Crippen LogP contribution in [0.1, 0.15) is 24.3 Å². The van der Waals surface area contributed by atoms with Crippen LogP contribution in [0.25, 0.3) is 10.9 Å². The van der Waals surface area contributed by atoms with Gasteiger partial charge in [0.25, 0.3) is 0 Å². The molecule has 0 saturated heterocycles. The highest BCUT2D eigenvalue weighted by Gasteiger charge is 2.19. The number of rotatable bonds is 2. The molecule has 0 aliphatic carbocycles. The second kappa shape index (κ2) is 3.88. The smallest absolute Gasteiger partial charge is 0.123 e. The number of aliphatic hydroxyl groups is 1. The van der Waals surface area contributed by atoms with Crippen LogP contribution in [0.4, 0.5) is 4.39 Å². The lowest BCUT2D eigenvalue weighted by molar-refractivity contribution is 0.154. The molecule has 0 aliphatic rings. The molecule has 2 atom stereocenters. The van der Waals surface area contributed by atoms with Gasteiger partial charge in [0.2, 0.25) is 0 Å². The van der Waals surface area contributed by atoms with E-state index in [1.165, 1.54) is 12.1 Å². The summed E-state index contributed by atoms with van der Waals surface area (Å²) >= 11 is 0. The average molecular weight is 222 g/mol. The van der Waals surface area contributed by atoms with Gasteiger partial charge in [0.05, 0.1) is 6.10 Å². The summed E-state index contributed by atoms with van der Waals surface area (Å²) in [6, 6.07) is 4.08. The maximum atomic E-state index is 13.2. The maximum Gasteiger partial charge on any atom is 0.123 e. The number of aryl methyl sites for hydroxylation is 1. The first-order chi connectivity index (χ1) is 7.50. The summed E-state index contributed by atoms with van der Waals surface area (Å²) in [5.74, 6) is -0.315. The first-order valence-corrected chi connectivity index (χ1v) is 5.22. The van der Waals surface area contributed by atoms with Crippen molar-refractivity contribution in [2.45, 2.75) is 26.0 Å². The lowest BCUT2D eigenvalue weighted by Gasteiger charge is -2.15. The zero-order valence-corrected chi connectivity index (χ0v) is 9.29. The Hall–Kier alpha value is -1.39. The summed E-state index contributed by atoms with van der Waals surface area (Å²) in [7, 11) is 0. The van der Waals surface area contributed by atoms with Crippen molar-refractivity contribution in [2.75, 3.05) is 0 Å². The highest BCUT2D eigenvalue weighted by molar-refractivity contribution is 5.85. The van der Waals surface area contributed by atoms with E-state index in [0.29, 0.717) is 10.9 Å². The second-order valence-corrected chi connectivity index (χ2v) is 4.16. The lowest BCUT2D eigenvalue weighted by Crippen LogP contribution is -2.24. The van der Waals surface area contributed by atoms with E-state index in [-0.39, 0.29) is 11.9 Å². The molecule has 2 unspecified atom stereocenters. The van der Waals surface area contributed by atoms with E-state index in [2.05, 4.69) is 4.98 Å². The molecule has 0 bridgehead atoms. The van der Waals surface area contributed by atoms with E-state index in [1.54, 1.807) is 13.0 Å². The normalized spacial score (nSPS) is 15.3. The third-order valence-corrected chi connectivity index (χ3v) is 2.79. The minimum Gasteiger partial charge on any atom is -0.387 e. The molecule has 1 aromatic heterocycles. The van der Waals surface area contributed by atoms with Crippen LogP contribution in [0.3, 0.4) is 0 Å². The molecular weight excluding hydrogens is 207 g/mol. The number of H-pyrrole nitrogens is 1. The third-order valence-electron chi connectivity index (χ3n) is 2.79. The molecule has 16 heavy (non-hydrogen) atoms. The monoisotopic (exact) mass is 222 g/mol. The molecule has 1 heterocycles. The second-order valence-electron chi connectivity index (χ2n) is 4.16. The molecule has 3 nitrogen and oxygen atoms in total. The van der Waals surface area contributed by atoms with Crippen molar-refractivity contribution in [3.8, 4) is 0 Å². The van der Waals surface area contributed by atoms with Crippen molar-refractivity contribution in [1.29, 1.82) is 0 Å².